The molecule has 1 unspecified atom stereocenters. The molecule has 0 saturated carbocycles. The smallest absolute Gasteiger partial charge is 0.475 e. The van der Waals surface area contributed by atoms with E-state index in [0.29, 0.717) is 19.4 Å². The number of pyridine rings is 1. The molecule has 0 radical (unpaired) electrons. The number of aliphatic carboxylic acids is 1. The number of alkyl halides is 3. The van der Waals surface area contributed by atoms with Crippen LogP contribution in [0.4, 0.5) is 13.2 Å². The summed E-state index contributed by atoms with van der Waals surface area (Å²) in [5.41, 5.74) is 0.664. The van der Waals surface area contributed by atoms with Crippen molar-refractivity contribution in [2.24, 2.45) is 0 Å². The molecule has 38 heavy (non-hydrogen) atoms. The molecule has 3 heterocycles. The summed E-state index contributed by atoms with van der Waals surface area (Å²) in [6, 6.07) is 9.44. The Labute approximate surface area is 217 Å². The van der Waals surface area contributed by atoms with Gasteiger partial charge in [0.15, 0.2) is 0 Å². The van der Waals surface area contributed by atoms with Crippen LogP contribution in [-0.4, -0.2) is 76.0 Å². The van der Waals surface area contributed by atoms with Gasteiger partial charge in [-0.25, -0.2) is 4.79 Å². The first-order chi connectivity index (χ1) is 17.6. The predicted molar refractivity (Wildman–Crippen MR) is 133 cm³/mol. The van der Waals surface area contributed by atoms with Crippen molar-refractivity contribution in [1.82, 2.24) is 14.8 Å². The van der Waals surface area contributed by atoms with Gasteiger partial charge in [-0.15, -0.1) is 0 Å². The topological polar surface area (TPSA) is 146 Å². The van der Waals surface area contributed by atoms with Crippen LogP contribution in [0.1, 0.15) is 55.9 Å². The number of hydrogen-bond acceptors (Lipinski definition) is 6. The number of piperidine rings is 1. The molecule has 1 amide bonds. The maximum atomic E-state index is 13.1. The van der Waals surface area contributed by atoms with Crippen LogP contribution >= 0.6 is 0 Å². The second-order valence-electron chi connectivity index (χ2n) is 9.74. The molecule has 2 aliphatic rings. The van der Waals surface area contributed by atoms with Gasteiger partial charge >= 0.3 is 12.1 Å². The molecule has 3 N–H and O–H groups in total. The summed E-state index contributed by atoms with van der Waals surface area (Å²) in [6.45, 7) is 4.16. The van der Waals surface area contributed by atoms with Crippen LogP contribution in [0.5, 0.6) is 0 Å². The van der Waals surface area contributed by atoms with Crippen LogP contribution in [0.2, 0.25) is 0 Å². The van der Waals surface area contributed by atoms with Gasteiger partial charge in [0.25, 0.3) is 21.6 Å². The van der Waals surface area contributed by atoms with Gasteiger partial charge in [-0.05, 0) is 57.0 Å². The minimum absolute atomic E-state index is 0.0645. The minimum Gasteiger partial charge on any atom is -0.475 e. The number of benzene rings is 1. The SMILES string of the molecule is CC(C)n1c(=O)c(C(=O)NC2C[C@H]3CC[C@@H](C2)N3CCS(=O)(=O)O)cc2ccccc21.O=C(O)C(F)(F)F. The van der Waals surface area contributed by atoms with Gasteiger partial charge in [0, 0.05) is 30.7 Å². The summed E-state index contributed by atoms with van der Waals surface area (Å²) >= 11 is 0. The average molecular weight is 562 g/mol. The zero-order chi connectivity index (χ0) is 28.4. The zero-order valence-electron chi connectivity index (χ0n) is 20.8. The first kappa shape index (κ1) is 29.6. The van der Waals surface area contributed by atoms with Gasteiger partial charge in [0.1, 0.15) is 5.56 Å². The fourth-order valence-corrected chi connectivity index (χ4v) is 5.64. The lowest BCUT2D eigenvalue weighted by atomic mass is 9.97. The van der Waals surface area contributed by atoms with Crippen molar-refractivity contribution in [2.75, 3.05) is 12.3 Å². The quantitative estimate of drug-likeness (QED) is 0.457. The van der Waals surface area contributed by atoms with Gasteiger partial charge in [-0.2, -0.15) is 21.6 Å². The molecule has 210 valence electrons. The zero-order valence-corrected chi connectivity index (χ0v) is 21.6. The summed E-state index contributed by atoms with van der Waals surface area (Å²) in [6.07, 6.45) is -1.78. The summed E-state index contributed by atoms with van der Waals surface area (Å²) in [7, 11) is -3.99. The molecule has 0 spiro atoms. The molecule has 4 rings (SSSR count). The molecule has 0 aliphatic carbocycles. The van der Waals surface area contributed by atoms with E-state index in [1.807, 2.05) is 38.1 Å². The van der Waals surface area contributed by atoms with Crippen molar-refractivity contribution in [3.05, 3.63) is 46.2 Å². The number of nitrogens with one attached hydrogen (secondary N) is 1. The lowest BCUT2D eigenvalue weighted by Crippen LogP contribution is -2.51. The number of fused-ring (bicyclic) bond motifs is 3. The Morgan fingerprint density at radius 3 is 2.18 bits per heavy atom. The fourth-order valence-electron chi connectivity index (χ4n) is 5.20. The lowest BCUT2D eigenvalue weighted by Gasteiger charge is -2.39. The molecule has 2 aliphatic heterocycles. The van der Waals surface area contributed by atoms with Crippen LogP contribution in [0.15, 0.2) is 35.1 Å². The molecule has 2 saturated heterocycles. The van der Waals surface area contributed by atoms with E-state index in [1.54, 1.807) is 10.6 Å². The Hall–Kier alpha value is -2.97. The molecule has 14 heteroatoms. The lowest BCUT2D eigenvalue weighted by molar-refractivity contribution is -0.192. The number of nitrogens with zero attached hydrogens (tertiary/aromatic N) is 2. The van der Waals surface area contributed by atoms with E-state index in [9.17, 15) is 31.2 Å². The molecule has 2 fully saturated rings. The van der Waals surface area contributed by atoms with Crippen molar-refractivity contribution in [3.63, 3.8) is 0 Å². The molecule has 1 aromatic carbocycles. The summed E-state index contributed by atoms with van der Waals surface area (Å²) in [4.78, 5) is 37.2. The van der Waals surface area contributed by atoms with E-state index in [0.717, 1.165) is 23.7 Å². The van der Waals surface area contributed by atoms with Crippen molar-refractivity contribution in [2.45, 2.75) is 69.9 Å². The molecule has 10 nitrogen and oxygen atoms in total. The first-order valence-electron chi connectivity index (χ1n) is 12.0. The third-order valence-corrected chi connectivity index (χ3v) is 7.47. The Kier molecular flexibility index (Phi) is 8.89. The highest BCUT2D eigenvalue weighted by molar-refractivity contribution is 7.85. The average Bonchev–Trinajstić information content (AvgIpc) is 3.04. The van der Waals surface area contributed by atoms with Crippen LogP contribution in [-0.2, 0) is 14.9 Å². The summed E-state index contributed by atoms with van der Waals surface area (Å²) in [5.74, 6) is -3.39. The van der Waals surface area contributed by atoms with Gasteiger partial charge in [-0.3, -0.25) is 19.0 Å². The third-order valence-electron chi connectivity index (χ3n) is 6.78. The van der Waals surface area contributed by atoms with Crippen LogP contribution in [0, 0.1) is 0 Å². The van der Waals surface area contributed by atoms with E-state index in [4.69, 9.17) is 14.5 Å². The van der Waals surface area contributed by atoms with Crippen molar-refractivity contribution >= 4 is 32.9 Å². The number of carboxylic acid groups (broad SMARTS) is 1. The fraction of sp³-hybridized carbons (Fsp3) is 0.542. The highest BCUT2D eigenvalue weighted by Gasteiger charge is 2.41. The van der Waals surface area contributed by atoms with Crippen LogP contribution in [0.25, 0.3) is 10.9 Å². The summed E-state index contributed by atoms with van der Waals surface area (Å²) in [5, 5.41) is 11.0. The van der Waals surface area contributed by atoms with Gasteiger partial charge in [-0.1, -0.05) is 18.2 Å². The van der Waals surface area contributed by atoms with Crippen molar-refractivity contribution in [1.29, 1.82) is 0 Å². The van der Waals surface area contributed by atoms with E-state index < -0.39 is 22.3 Å². The highest BCUT2D eigenvalue weighted by Crippen LogP contribution is 2.35. The molecule has 2 aromatic rings. The third kappa shape index (κ3) is 7.11. The molecule has 2 bridgehead atoms. The van der Waals surface area contributed by atoms with E-state index in [1.165, 1.54) is 0 Å². The van der Waals surface area contributed by atoms with E-state index in [2.05, 4.69) is 10.2 Å². The monoisotopic (exact) mass is 561 g/mol. The molecule has 3 atom stereocenters. The number of halogens is 3. The largest absolute Gasteiger partial charge is 0.490 e. The van der Waals surface area contributed by atoms with Gasteiger partial charge in [0.2, 0.25) is 0 Å². The maximum Gasteiger partial charge on any atom is 0.490 e. The Bertz CT molecular complexity index is 1340. The standard InChI is InChI=1S/C22H29N3O5S.C2HF3O2/c1-14(2)25-20-6-4-3-5-15(20)11-19(22(25)27)21(26)23-16-12-17-7-8-18(13-16)24(17)9-10-31(28,29)30;3-2(4,5)1(6)7/h3-6,11,14,16-18H,7-10,12-13H2,1-2H3,(H,23,26)(H,28,29,30);(H,6,7)/t16?,17-,18+;. The number of amides is 1. The Morgan fingerprint density at radius 1 is 1.13 bits per heavy atom. The highest BCUT2D eigenvalue weighted by atomic mass is 32.2. The number of carboxylic acids is 1. The number of aromatic nitrogens is 1. The Morgan fingerprint density at radius 2 is 1.68 bits per heavy atom. The first-order valence-corrected chi connectivity index (χ1v) is 13.7. The minimum atomic E-state index is -5.08. The van der Waals surface area contributed by atoms with Crippen LogP contribution in [0.3, 0.4) is 0 Å². The number of carbonyl (C=O) groups excluding carboxylic acids is 1. The number of para-hydroxylation sites is 1. The van der Waals surface area contributed by atoms with Crippen molar-refractivity contribution < 1.29 is 40.8 Å². The second kappa shape index (κ2) is 11.4. The molecular formula is C24H30F3N3O7S. The van der Waals surface area contributed by atoms with Gasteiger partial charge < -0.3 is 15.0 Å². The predicted octanol–water partition coefficient (Wildman–Crippen LogP) is 2.83. The van der Waals surface area contributed by atoms with E-state index in [-0.39, 0.29) is 47.0 Å². The number of carbonyl (C=O) groups is 2. The second-order valence-corrected chi connectivity index (χ2v) is 11.3. The Balaban J connectivity index is 0.000000505. The number of hydrogen-bond donors (Lipinski definition) is 3. The van der Waals surface area contributed by atoms with Crippen molar-refractivity contribution in [3.8, 4) is 0 Å². The van der Waals surface area contributed by atoms with Crippen LogP contribution < -0.4 is 10.9 Å². The maximum absolute atomic E-state index is 13.1. The summed E-state index contributed by atoms with van der Waals surface area (Å²) < 4.78 is 64.7. The van der Waals surface area contributed by atoms with Gasteiger partial charge in [0.05, 0.1) is 11.3 Å². The molecular weight excluding hydrogens is 531 g/mol. The molecule has 1 aromatic heterocycles. The van der Waals surface area contributed by atoms with E-state index >= 15 is 0 Å². The normalized spacial score (nSPS) is 21.7. The number of rotatable bonds is 6.